The molecule has 0 saturated carbocycles. The Balaban J connectivity index is 2.25. The number of amides is 1. The molecule has 0 heterocycles. The van der Waals surface area contributed by atoms with Crippen LogP contribution in [0.4, 0.5) is 4.79 Å². The van der Waals surface area contributed by atoms with Gasteiger partial charge in [0.15, 0.2) is 0 Å². The second-order valence-electron chi connectivity index (χ2n) is 8.38. The summed E-state index contributed by atoms with van der Waals surface area (Å²) in [5, 5.41) is 3.42. The van der Waals surface area contributed by atoms with Crippen LogP contribution in [0, 0.1) is 0 Å². The van der Waals surface area contributed by atoms with Crippen LogP contribution in [0.2, 0.25) is 0 Å². The number of ether oxygens (including phenoxy) is 1. The molecule has 1 aromatic rings. The van der Waals surface area contributed by atoms with Crippen LogP contribution < -0.4 is 5.32 Å². The summed E-state index contributed by atoms with van der Waals surface area (Å²) < 4.78 is 5.33. The van der Waals surface area contributed by atoms with E-state index in [0.29, 0.717) is 6.54 Å². The Morgan fingerprint density at radius 1 is 1.08 bits per heavy atom. The van der Waals surface area contributed by atoms with Gasteiger partial charge in [0.1, 0.15) is 5.60 Å². The summed E-state index contributed by atoms with van der Waals surface area (Å²) in [6.45, 7) is 14.7. The predicted molar refractivity (Wildman–Crippen MR) is 100 cm³/mol. The standard InChI is InChI=1S/C20H34N2O2/c1-19(2,3)17-11-9-16(10-12-17)15-21-13-8-14-22(7)18(23)24-20(4,5)6/h9-12,21H,8,13-15H2,1-7H3. The van der Waals surface area contributed by atoms with E-state index < -0.39 is 5.60 Å². The zero-order valence-electron chi connectivity index (χ0n) is 16.4. The highest BCUT2D eigenvalue weighted by Crippen LogP contribution is 2.22. The maximum Gasteiger partial charge on any atom is 0.410 e. The normalized spacial score (nSPS) is 12.1. The van der Waals surface area contributed by atoms with E-state index in [1.54, 1.807) is 11.9 Å². The summed E-state index contributed by atoms with van der Waals surface area (Å²) >= 11 is 0. The van der Waals surface area contributed by atoms with Crippen LogP contribution in [0.5, 0.6) is 0 Å². The molecule has 0 fully saturated rings. The van der Waals surface area contributed by atoms with Crippen molar-refractivity contribution in [1.29, 1.82) is 0 Å². The van der Waals surface area contributed by atoms with Crippen molar-refractivity contribution >= 4 is 6.09 Å². The molecule has 0 aromatic heterocycles. The van der Waals surface area contributed by atoms with E-state index in [2.05, 4.69) is 50.4 Å². The Kier molecular flexibility index (Phi) is 7.27. The van der Waals surface area contributed by atoms with Crippen LogP contribution in [0.15, 0.2) is 24.3 Å². The zero-order valence-corrected chi connectivity index (χ0v) is 16.4. The van der Waals surface area contributed by atoms with Gasteiger partial charge in [-0.25, -0.2) is 4.79 Å². The molecule has 0 aliphatic heterocycles. The van der Waals surface area contributed by atoms with Gasteiger partial charge in [-0.2, -0.15) is 0 Å². The van der Waals surface area contributed by atoms with Crippen molar-refractivity contribution in [3.05, 3.63) is 35.4 Å². The minimum absolute atomic E-state index is 0.193. The first-order valence-electron chi connectivity index (χ1n) is 8.73. The monoisotopic (exact) mass is 334 g/mol. The van der Waals surface area contributed by atoms with E-state index in [9.17, 15) is 4.79 Å². The van der Waals surface area contributed by atoms with E-state index in [4.69, 9.17) is 4.74 Å². The lowest BCUT2D eigenvalue weighted by Gasteiger charge is -2.24. The molecule has 136 valence electrons. The molecule has 0 aliphatic rings. The number of hydrogen-bond donors (Lipinski definition) is 1. The summed E-state index contributed by atoms with van der Waals surface area (Å²) in [5.41, 5.74) is 2.38. The molecule has 0 radical (unpaired) electrons. The Bertz CT molecular complexity index is 510. The molecule has 0 aliphatic carbocycles. The molecule has 1 amide bonds. The Morgan fingerprint density at radius 2 is 1.67 bits per heavy atom. The molecule has 4 heteroatoms. The van der Waals surface area contributed by atoms with Crippen molar-refractivity contribution in [3.63, 3.8) is 0 Å². The average molecular weight is 335 g/mol. The van der Waals surface area contributed by atoms with Gasteiger partial charge in [0.25, 0.3) is 0 Å². The molecule has 1 rings (SSSR count). The molecule has 1 aromatic carbocycles. The number of carbonyl (C=O) groups is 1. The van der Waals surface area contributed by atoms with Gasteiger partial charge < -0.3 is 15.0 Å². The first-order chi connectivity index (χ1) is 11.0. The lowest BCUT2D eigenvalue weighted by molar-refractivity contribution is 0.0297. The molecular formula is C20H34N2O2. The number of nitrogens with one attached hydrogen (secondary N) is 1. The van der Waals surface area contributed by atoms with Crippen LogP contribution in [0.25, 0.3) is 0 Å². The molecule has 0 unspecified atom stereocenters. The maximum atomic E-state index is 11.8. The molecule has 4 nitrogen and oxygen atoms in total. The Hall–Kier alpha value is -1.55. The fourth-order valence-corrected chi connectivity index (χ4v) is 2.23. The van der Waals surface area contributed by atoms with Crippen molar-refractivity contribution in [2.75, 3.05) is 20.1 Å². The van der Waals surface area contributed by atoms with Gasteiger partial charge in [-0.15, -0.1) is 0 Å². The van der Waals surface area contributed by atoms with Gasteiger partial charge >= 0.3 is 6.09 Å². The minimum Gasteiger partial charge on any atom is -0.444 e. The van der Waals surface area contributed by atoms with Gasteiger partial charge in [-0.05, 0) is 50.3 Å². The first kappa shape index (κ1) is 20.5. The van der Waals surface area contributed by atoms with E-state index in [-0.39, 0.29) is 11.5 Å². The van der Waals surface area contributed by atoms with Gasteiger partial charge in [0.05, 0.1) is 0 Å². The topological polar surface area (TPSA) is 41.6 Å². The van der Waals surface area contributed by atoms with E-state index >= 15 is 0 Å². The van der Waals surface area contributed by atoms with Gasteiger partial charge in [0.2, 0.25) is 0 Å². The maximum absolute atomic E-state index is 11.8. The van der Waals surface area contributed by atoms with Crippen molar-refractivity contribution in [2.45, 2.75) is 65.5 Å². The van der Waals surface area contributed by atoms with Crippen LogP contribution in [-0.2, 0) is 16.7 Å². The Labute approximate surface area is 147 Å². The van der Waals surface area contributed by atoms with E-state index in [1.165, 1.54) is 11.1 Å². The van der Waals surface area contributed by atoms with Crippen molar-refractivity contribution < 1.29 is 9.53 Å². The van der Waals surface area contributed by atoms with E-state index in [0.717, 1.165) is 19.5 Å². The third-order valence-electron chi connectivity index (χ3n) is 3.70. The summed E-state index contributed by atoms with van der Waals surface area (Å²) in [6, 6.07) is 8.77. The number of rotatable bonds is 6. The second-order valence-corrected chi connectivity index (χ2v) is 8.38. The van der Waals surface area contributed by atoms with Gasteiger partial charge in [-0.1, -0.05) is 45.0 Å². The zero-order chi connectivity index (χ0) is 18.4. The van der Waals surface area contributed by atoms with Crippen LogP contribution >= 0.6 is 0 Å². The number of benzene rings is 1. The molecule has 24 heavy (non-hydrogen) atoms. The molecular weight excluding hydrogens is 300 g/mol. The fraction of sp³-hybridized carbons (Fsp3) is 0.650. The highest BCUT2D eigenvalue weighted by molar-refractivity contribution is 5.67. The van der Waals surface area contributed by atoms with Crippen LogP contribution in [0.1, 0.15) is 59.1 Å². The minimum atomic E-state index is -0.442. The predicted octanol–water partition coefficient (Wildman–Crippen LogP) is 4.33. The smallest absolute Gasteiger partial charge is 0.410 e. The van der Waals surface area contributed by atoms with Crippen molar-refractivity contribution in [2.24, 2.45) is 0 Å². The van der Waals surface area contributed by atoms with Crippen LogP contribution in [-0.4, -0.2) is 36.7 Å². The van der Waals surface area contributed by atoms with Gasteiger partial charge in [0, 0.05) is 20.1 Å². The second kappa shape index (κ2) is 8.52. The SMILES string of the molecule is CN(CCCNCc1ccc(C(C)(C)C)cc1)C(=O)OC(C)(C)C. The van der Waals surface area contributed by atoms with E-state index in [1.807, 2.05) is 20.8 Å². The molecule has 0 atom stereocenters. The molecule has 0 saturated heterocycles. The Morgan fingerprint density at radius 3 is 2.17 bits per heavy atom. The summed E-state index contributed by atoms with van der Waals surface area (Å²) in [7, 11) is 1.78. The van der Waals surface area contributed by atoms with Gasteiger partial charge in [-0.3, -0.25) is 0 Å². The number of carbonyl (C=O) groups excluding carboxylic acids is 1. The summed E-state index contributed by atoms with van der Waals surface area (Å²) in [5.74, 6) is 0. The average Bonchev–Trinajstić information content (AvgIpc) is 2.44. The molecule has 0 bridgehead atoms. The third kappa shape index (κ3) is 7.82. The fourth-order valence-electron chi connectivity index (χ4n) is 2.23. The first-order valence-corrected chi connectivity index (χ1v) is 8.73. The highest BCUT2D eigenvalue weighted by atomic mass is 16.6. The summed E-state index contributed by atoms with van der Waals surface area (Å²) in [4.78, 5) is 13.5. The highest BCUT2D eigenvalue weighted by Gasteiger charge is 2.19. The van der Waals surface area contributed by atoms with Crippen molar-refractivity contribution in [3.8, 4) is 0 Å². The lowest BCUT2D eigenvalue weighted by Crippen LogP contribution is -2.35. The summed E-state index contributed by atoms with van der Waals surface area (Å²) in [6.07, 6.45) is 0.635. The molecule has 0 spiro atoms. The number of hydrogen-bond acceptors (Lipinski definition) is 3. The lowest BCUT2D eigenvalue weighted by atomic mass is 9.87. The largest absolute Gasteiger partial charge is 0.444 e. The quantitative estimate of drug-likeness (QED) is 0.787. The number of nitrogens with zero attached hydrogens (tertiary/aromatic N) is 1. The molecule has 1 N–H and O–H groups in total. The third-order valence-corrected chi connectivity index (χ3v) is 3.70. The van der Waals surface area contributed by atoms with Crippen molar-refractivity contribution in [1.82, 2.24) is 10.2 Å². The van der Waals surface area contributed by atoms with Crippen LogP contribution in [0.3, 0.4) is 0 Å².